The molecule has 0 aliphatic carbocycles. The first-order valence-electron chi connectivity index (χ1n) is 8.40. The highest BCUT2D eigenvalue weighted by atomic mass is 16.1. The summed E-state index contributed by atoms with van der Waals surface area (Å²) in [4.78, 5) is 17.1. The topological polar surface area (TPSA) is 42.0 Å². The molecule has 1 heterocycles. The quantitative estimate of drug-likeness (QED) is 0.764. The van der Waals surface area contributed by atoms with E-state index in [-0.39, 0.29) is 11.9 Å². The summed E-state index contributed by atoms with van der Waals surface area (Å²) in [7, 11) is 0. The normalized spacial score (nSPS) is 11.8. The van der Waals surface area contributed by atoms with E-state index in [1.54, 1.807) is 6.20 Å². The lowest BCUT2D eigenvalue weighted by molar-refractivity contribution is 0.0942. The molecule has 0 saturated carbocycles. The van der Waals surface area contributed by atoms with E-state index in [4.69, 9.17) is 0 Å². The number of rotatable bonds is 4. The summed E-state index contributed by atoms with van der Waals surface area (Å²) >= 11 is 0. The summed E-state index contributed by atoms with van der Waals surface area (Å²) in [6.45, 7) is 6.08. The molecule has 0 unspecified atom stereocenters. The molecule has 3 nitrogen and oxygen atoms in total. The predicted molar refractivity (Wildman–Crippen MR) is 101 cm³/mol. The Labute approximate surface area is 148 Å². The average molecular weight is 330 g/mol. The van der Waals surface area contributed by atoms with E-state index in [0.717, 1.165) is 22.3 Å². The Hall–Kier alpha value is -2.94. The Balaban J connectivity index is 2.02. The Morgan fingerprint density at radius 3 is 2.48 bits per heavy atom. The van der Waals surface area contributed by atoms with Gasteiger partial charge < -0.3 is 5.32 Å². The minimum atomic E-state index is -0.235. The van der Waals surface area contributed by atoms with E-state index < -0.39 is 0 Å². The molecule has 0 radical (unpaired) electrons. The fraction of sp³-hybridized carbons (Fsp3) is 0.182. The molecule has 1 N–H and O–H groups in total. The lowest BCUT2D eigenvalue weighted by atomic mass is 9.94. The fourth-order valence-corrected chi connectivity index (χ4v) is 2.99. The Morgan fingerprint density at radius 1 is 0.960 bits per heavy atom. The molecule has 25 heavy (non-hydrogen) atoms. The minimum Gasteiger partial charge on any atom is -0.341 e. The number of nitrogens with zero attached hydrogens (tertiary/aromatic N) is 1. The van der Waals surface area contributed by atoms with Gasteiger partial charge in [-0.3, -0.25) is 9.78 Å². The van der Waals surface area contributed by atoms with Crippen molar-refractivity contribution in [3.63, 3.8) is 0 Å². The van der Waals surface area contributed by atoms with E-state index in [0.29, 0.717) is 5.56 Å². The maximum absolute atomic E-state index is 12.9. The lowest BCUT2D eigenvalue weighted by Crippen LogP contribution is -2.30. The van der Waals surface area contributed by atoms with E-state index >= 15 is 0 Å². The predicted octanol–water partition coefficient (Wildman–Crippen LogP) is 4.53. The number of amides is 1. The van der Waals surface area contributed by atoms with Gasteiger partial charge in [-0.25, -0.2) is 0 Å². The van der Waals surface area contributed by atoms with Crippen molar-refractivity contribution in [2.75, 3.05) is 0 Å². The van der Waals surface area contributed by atoms with Crippen molar-refractivity contribution in [1.29, 1.82) is 0 Å². The van der Waals surface area contributed by atoms with Gasteiger partial charge in [0, 0.05) is 18.0 Å². The molecule has 3 aromatic rings. The fourth-order valence-electron chi connectivity index (χ4n) is 2.99. The Morgan fingerprint density at radius 2 is 1.76 bits per heavy atom. The van der Waals surface area contributed by atoms with Gasteiger partial charge in [-0.15, -0.1) is 0 Å². The van der Waals surface area contributed by atoms with Gasteiger partial charge in [0.05, 0.1) is 6.04 Å². The smallest absolute Gasteiger partial charge is 0.252 e. The summed E-state index contributed by atoms with van der Waals surface area (Å²) in [6.07, 6.45) is 3.55. The third-order valence-electron chi connectivity index (χ3n) is 4.43. The molecule has 0 saturated heterocycles. The average Bonchev–Trinajstić information content (AvgIpc) is 2.63. The summed E-state index contributed by atoms with van der Waals surface area (Å²) in [5, 5.41) is 3.20. The Kier molecular flexibility index (Phi) is 4.94. The molecule has 1 aromatic heterocycles. The third-order valence-corrected chi connectivity index (χ3v) is 4.43. The number of pyridine rings is 1. The summed E-state index contributed by atoms with van der Waals surface area (Å²) < 4.78 is 0. The van der Waals surface area contributed by atoms with E-state index in [1.165, 1.54) is 5.56 Å². The minimum absolute atomic E-state index is 0.0761. The van der Waals surface area contributed by atoms with Crippen LogP contribution in [-0.2, 0) is 0 Å². The third kappa shape index (κ3) is 3.77. The van der Waals surface area contributed by atoms with Gasteiger partial charge in [0.2, 0.25) is 0 Å². The number of hydrogen-bond acceptors (Lipinski definition) is 2. The van der Waals surface area contributed by atoms with E-state index in [1.807, 2.05) is 49.5 Å². The van der Waals surface area contributed by atoms with Crippen molar-refractivity contribution in [1.82, 2.24) is 10.3 Å². The van der Waals surface area contributed by atoms with E-state index in [9.17, 15) is 4.79 Å². The molecule has 2 aromatic carbocycles. The molecule has 0 bridgehead atoms. The van der Waals surface area contributed by atoms with Crippen LogP contribution in [0.2, 0.25) is 0 Å². The second-order valence-corrected chi connectivity index (χ2v) is 6.37. The number of hydrogen-bond donors (Lipinski definition) is 1. The van der Waals surface area contributed by atoms with Gasteiger partial charge in [0.15, 0.2) is 0 Å². The zero-order valence-electron chi connectivity index (χ0n) is 14.8. The molecule has 1 amide bonds. The SMILES string of the molecule is Cc1ccc(C)c([C@@H](NC(=O)c2ccccc2C)c2cccnc2)c1. The van der Waals surface area contributed by atoms with Crippen LogP contribution in [0.15, 0.2) is 67.0 Å². The van der Waals surface area contributed by atoms with Crippen LogP contribution in [0.25, 0.3) is 0 Å². The zero-order chi connectivity index (χ0) is 17.8. The molecule has 126 valence electrons. The number of carbonyl (C=O) groups is 1. The summed E-state index contributed by atoms with van der Waals surface area (Å²) in [5.41, 5.74) is 6.03. The van der Waals surface area contributed by atoms with Gasteiger partial charge in [0.1, 0.15) is 0 Å². The molecule has 3 heteroatoms. The summed E-state index contributed by atoms with van der Waals surface area (Å²) in [5.74, 6) is -0.0761. The van der Waals surface area contributed by atoms with Crippen LogP contribution in [-0.4, -0.2) is 10.9 Å². The van der Waals surface area contributed by atoms with Crippen molar-refractivity contribution in [2.24, 2.45) is 0 Å². The molecule has 0 spiro atoms. The van der Waals surface area contributed by atoms with Crippen molar-refractivity contribution in [3.8, 4) is 0 Å². The second-order valence-electron chi connectivity index (χ2n) is 6.37. The van der Waals surface area contributed by atoms with Gasteiger partial charge in [-0.05, 0) is 55.2 Å². The first-order valence-corrected chi connectivity index (χ1v) is 8.40. The summed E-state index contributed by atoms with van der Waals surface area (Å²) in [6, 6.07) is 17.6. The van der Waals surface area contributed by atoms with Crippen molar-refractivity contribution in [3.05, 3.63) is 100 Å². The molecule has 0 aliphatic heterocycles. The molecule has 0 fully saturated rings. The number of carbonyl (C=O) groups excluding carboxylic acids is 1. The first kappa shape index (κ1) is 16.9. The van der Waals surface area contributed by atoms with Crippen LogP contribution >= 0.6 is 0 Å². The number of aromatic nitrogens is 1. The van der Waals surface area contributed by atoms with Crippen molar-refractivity contribution < 1.29 is 4.79 Å². The standard InChI is InChI=1S/C22H22N2O/c1-15-10-11-17(3)20(13-15)21(18-8-6-12-23-14-18)24-22(25)19-9-5-4-7-16(19)2/h4-14,21H,1-3H3,(H,24,25)/t21-/m0/s1. The van der Waals surface area contributed by atoms with Crippen LogP contribution in [0.5, 0.6) is 0 Å². The highest BCUT2D eigenvalue weighted by molar-refractivity contribution is 5.96. The number of aryl methyl sites for hydroxylation is 3. The van der Waals surface area contributed by atoms with Crippen molar-refractivity contribution >= 4 is 5.91 Å². The molecular formula is C22H22N2O. The van der Waals surface area contributed by atoms with Crippen molar-refractivity contribution in [2.45, 2.75) is 26.8 Å². The van der Waals surface area contributed by atoms with Crippen LogP contribution < -0.4 is 5.32 Å². The molecular weight excluding hydrogens is 308 g/mol. The lowest BCUT2D eigenvalue weighted by Gasteiger charge is -2.22. The largest absolute Gasteiger partial charge is 0.341 e. The number of nitrogens with one attached hydrogen (secondary N) is 1. The molecule has 3 rings (SSSR count). The maximum Gasteiger partial charge on any atom is 0.252 e. The zero-order valence-corrected chi connectivity index (χ0v) is 14.8. The Bertz CT molecular complexity index is 888. The van der Waals surface area contributed by atoms with Gasteiger partial charge in [-0.2, -0.15) is 0 Å². The highest BCUT2D eigenvalue weighted by Crippen LogP contribution is 2.26. The number of benzene rings is 2. The van der Waals surface area contributed by atoms with E-state index in [2.05, 4.69) is 42.3 Å². The van der Waals surface area contributed by atoms with Gasteiger partial charge in [0.25, 0.3) is 5.91 Å². The van der Waals surface area contributed by atoms with Crippen LogP contribution in [0, 0.1) is 20.8 Å². The van der Waals surface area contributed by atoms with Crippen LogP contribution in [0.3, 0.4) is 0 Å². The van der Waals surface area contributed by atoms with Gasteiger partial charge in [-0.1, -0.05) is 48.0 Å². The molecule has 1 atom stereocenters. The second kappa shape index (κ2) is 7.31. The van der Waals surface area contributed by atoms with Crippen LogP contribution in [0.1, 0.15) is 44.2 Å². The highest BCUT2D eigenvalue weighted by Gasteiger charge is 2.20. The van der Waals surface area contributed by atoms with Gasteiger partial charge >= 0.3 is 0 Å². The monoisotopic (exact) mass is 330 g/mol. The van der Waals surface area contributed by atoms with Crippen LogP contribution in [0.4, 0.5) is 0 Å². The maximum atomic E-state index is 12.9. The first-order chi connectivity index (χ1) is 12.1. The molecule has 0 aliphatic rings.